The van der Waals surface area contributed by atoms with Gasteiger partial charge in [-0.1, -0.05) is 6.92 Å². The number of nitrogens with zero attached hydrogens (tertiary/aromatic N) is 1. The Morgan fingerprint density at radius 1 is 1.59 bits per heavy atom. The summed E-state index contributed by atoms with van der Waals surface area (Å²) in [6, 6.07) is 5.86. The molecule has 0 aliphatic rings. The monoisotopic (exact) mass is 251 g/mol. The number of fused-ring (bicyclic) bond motifs is 1. The van der Waals surface area contributed by atoms with Gasteiger partial charge < -0.3 is 10.1 Å². The van der Waals surface area contributed by atoms with Crippen LogP contribution in [0.2, 0.25) is 0 Å². The van der Waals surface area contributed by atoms with Crippen molar-refractivity contribution >= 4 is 34.8 Å². The van der Waals surface area contributed by atoms with Gasteiger partial charge in [0.25, 0.3) is 0 Å². The highest BCUT2D eigenvalue weighted by Gasteiger charge is 2.05. The van der Waals surface area contributed by atoms with E-state index in [9.17, 15) is 4.79 Å². The number of carbonyl (C=O) groups is 1. The van der Waals surface area contributed by atoms with Crippen LogP contribution in [0.15, 0.2) is 23.1 Å². The maximum absolute atomic E-state index is 10.5. The molecule has 1 aromatic carbocycles. The van der Waals surface area contributed by atoms with E-state index < -0.39 is 6.09 Å². The minimum Gasteiger partial charge on any atom is -0.465 e. The van der Waals surface area contributed by atoms with Crippen molar-refractivity contribution in [2.75, 3.05) is 11.1 Å². The second kappa shape index (κ2) is 5.09. The van der Waals surface area contributed by atoms with Crippen LogP contribution < -0.4 is 5.32 Å². The van der Waals surface area contributed by atoms with Crippen molar-refractivity contribution in [2.24, 2.45) is 0 Å². The van der Waals surface area contributed by atoms with Crippen LogP contribution in [0.1, 0.15) is 13.3 Å². The van der Waals surface area contributed by atoms with Gasteiger partial charge >= 0.3 is 6.09 Å². The molecule has 0 aliphatic carbocycles. The number of anilines is 1. The Hall–Kier alpha value is -1.69. The lowest BCUT2D eigenvalue weighted by molar-refractivity contribution is 0.209. The maximum atomic E-state index is 10.5. The third-order valence-corrected chi connectivity index (χ3v) is 3.35. The molecule has 1 aromatic heterocycles. The van der Waals surface area contributed by atoms with Gasteiger partial charge in [-0.15, -0.1) is 11.8 Å². The van der Waals surface area contributed by atoms with Gasteiger partial charge in [0, 0.05) is 4.90 Å². The number of aromatic amines is 1. The summed E-state index contributed by atoms with van der Waals surface area (Å²) in [7, 11) is 0. The van der Waals surface area contributed by atoms with Crippen molar-refractivity contribution < 1.29 is 9.90 Å². The Morgan fingerprint density at radius 3 is 3.12 bits per heavy atom. The Kier molecular flexibility index (Phi) is 3.53. The summed E-state index contributed by atoms with van der Waals surface area (Å²) < 4.78 is 0. The number of thioether (sulfide) groups is 1. The van der Waals surface area contributed by atoms with Crippen molar-refractivity contribution in [1.82, 2.24) is 9.97 Å². The molecule has 0 bridgehead atoms. The van der Waals surface area contributed by atoms with Crippen molar-refractivity contribution in [3.05, 3.63) is 18.2 Å². The van der Waals surface area contributed by atoms with E-state index in [1.807, 2.05) is 18.2 Å². The van der Waals surface area contributed by atoms with Gasteiger partial charge in [-0.05, 0) is 30.4 Å². The first-order valence-electron chi connectivity index (χ1n) is 5.31. The van der Waals surface area contributed by atoms with Gasteiger partial charge in [-0.25, -0.2) is 9.78 Å². The standard InChI is InChI=1S/C11H13N3O2S/c1-2-5-17-7-3-4-8-9(6-7)13-10(12-8)14-11(15)16/h3-4,6H,2,5H2,1H3,(H,15,16)(H2,12,13,14). The number of benzene rings is 1. The average molecular weight is 251 g/mol. The summed E-state index contributed by atoms with van der Waals surface area (Å²) in [5.41, 5.74) is 1.60. The number of nitrogens with one attached hydrogen (secondary N) is 2. The summed E-state index contributed by atoms with van der Waals surface area (Å²) >= 11 is 1.77. The van der Waals surface area contributed by atoms with Crippen LogP contribution in [-0.4, -0.2) is 26.9 Å². The predicted octanol–water partition coefficient (Wildman–Crippen LogP) is 3.15. The van der Waals surface area contributed by atoms with Crippen LogP contribution >= 0.6 is 11.8 Å². The summed E-state index contributed by atoms with van der Waals surface area (Å²) in [5.74, 6) is 1.32. The molecule has 17 heavy (non-hydrogen) atoms. The van der Waals surface area contributed by atoms with Crippen LogP contribution in [0.3, 0.4) is 0 Å². The molecule has 3 N–H and O–H groups in total. The lowest BCUT2D eigenvalue weighted by Gasteiger charge is -1.98. The fraction of sp³-hybridized carbons (Fsp3) is 0.273. The molecule has 1 amide bonds. The van der Waals surface area contributed by atoms with Crippen LogP contribution in [-0.2, 0) is 0 Å². The Morgan fingerprint density at radius 2 is 2.41 bits per heavy atom. The van der Waals surface area contributed by atoms with Gasteiger partial charge in [-0.2, -0.15) is 0 Å². The van der Waals surface area contributed by atoms with Gasteiger partial charge in [0.1, 0.15) is 0 Å². The lowest BCUT2D eigenvalue weighted by atomic mass is 10.3. The highest BCUT2D eigenvalue weighted by molar-refractivity contribution is 7.99. The van der Waals surface area contributed by atoms with Gasteiger partial charge in [-0.3, -0.25) is 5.32 Å². The maximum Gasteiger partial charge on any atom is 0.411 e. The summed E-state index contributed by atoms with van der Waals surface area (Å²) in [6.07, 6.45) is 0.00181. The zero-order valence-corrected chi connectivity index (χ0v) is 10.2. The molecule has 2 aromatic rings. The number of aromatic nitrogens is 2. The molecule has 2 rings (SSSR count). The third-order valence-electron chi connectivity index (χ3n) is 2.15. The van der Waals surface area contributed by atoms with Crippen LogP contribution in [0.4, 0.5) is 10.7 Å². The quantitative estimate of drug-likeness (QED) is 0.729. The fourth-order valence-electron chi connectivity index (χ4n) is 1.46. The average Bonchev–Trinajstić information content (AvgIpc) is 2.66. The van der Waals surface area contributed by atoms with Crippen molar-refractivity contribution in [3.8, 4) is 0 Å². The molecule has 0 fully saturated rings. The minimum absolute atomic E-state index is 0.255. The number of hydrogen-bond acceptors (Lipinski definition) is 3. The first-order chi connectivity index (χ1) is 8.19. The van der Waals surface area contributed by atoms with Gasteiger partial charge in [0.15, 0.2) is 0 Å². The first-order valence-corrected chi connectivity index (χ1v) is 6.30. The lowest BCUT2D eigenvalue weighted by Crippen LogP contribution is -2.08. The summed E-state index contributed by atoms with van der Waals surface area (Å²) in [6.45, 7) is 2.14. The highest BCUT2D eigenvalue weighted by Crippen LogP contribution is 2.23. The number of amides is 1. The van der Waals surface area contributed by atoms with Crippen molar-refractivity contribution in [2.45, 2.75) is 18.2 Å². The molecular weight excluding hydrogens is 238 g/mol. The minimum atomic E-state index is -1.12. The number of H-pyrrole nitrogens is 1. The molecule has 6 heteroatoms. The van der Waals surface area contributed by atoms with E-state index >= 15 is 0 Å². The summed E-state index contributed by atoms with van der Waals surface area (Å²) in [4.78, 5) is 18.7. The third kappa shape index (κ3) is 2.91. The number of imidazole rings is 1. The number of hydrogen-bond donors (Lipinski definition) is 3. The smallest absolute Gasteiger partial charge is 0.411 e. The van der Waals surface area contributed by atoms with Crippen molar-refractivity contribution in [1.29, 1.82) is 0 Å². The second-order valence-corrected chi connectivity index (χ2v) is 4.71. The Bertz CT molecular complexity index is 538. The van der Waals surface area contributed by atoms with Gasteiger partial charge in [0.2, 0.25) is 5.95 Å². The van der Waals surface area contributed by atoms with E-state index in [1.165, 1.54) is 0 Å². The number of rotatable bonds is 4. The van der Waals surface area contributed by atoms with E-state index in [4.69, 9.17) is 5.11 Å². The first kappa shape index (κ1) is 11.8. The van der Waals surface area contributed by atoms with Crippen molar-refractivity contribution in [3.63, 3.8) is 0 Å². The zero-order chi connectivity index (χ0) is 12.3. The molecule has 0 aliphatic heterocycles. The molecular formula is C11H13N3O2S. The number of carboxylic acid groups (broad SMARTS) is 1. The van der Waals surface area contributed by atoms with E-state index in [-0.39, 0.29) is 5.95 Å². The van der Waals surface area contributed by atoms with E-state index in [0.29, 0.717) is 0 Å². The largest absolute Gasteiger partial charge is 0.465 e. The van der Waals surface area contributed by atoms with E-state index in [2.05, 4.69) is 22.2 Å². The molecule has 1 heterocycles. The molecule has 5 nitrogen and oxygen atoms in total. The molecule has 0 spiro atoms. The molecule has 0 unspecified atom stereocenters. The van der Waals surface area contributed by atoms with Gasteiger partial charge in [0.05, 0.1) is 11.0 Å². The predicted molar refractivity (Wildman–Crippen MR) is 68.8 cm³/mol. The van der Waals surface area contributed by atoms with E-state index in [1.54, 1.807) is 11.8 Å². The highest BCUT2D eigenvalue weighted by atomic mass is 32.2. The second-order valence-electron chi connectivity index (χ2n) is 3.54. The molecule has 0 radical (unpaired) electrons. The normalized spacial score (nSPS) is 10.6. The molecule has 0 saturated carbocycles. The van der Waals surface area contributed by atoms with Crippen LogP contribution in [0, 0.1) is 0 Å². The van der Waals surface area contributed by atoms with Crippen LogP contribution in [0.5, 0.6) is 0 Å². The fourth-order valence-corrected chi connectivity index (χ4v) is 2.26. The SMILES string of the molecule is CCCSc1ccc2nc(NC(=O)O)[nH]c2c1. The molecule has 0 saturated heterocycles. The zero-order valence-electron chi connectivity index (χ0n) is 9.36. The Balaban J connectivity index is 2.24. The molecule has 0 atom stereocenters. The molecule has 90 valence electrons. The Labute approximate surface area is 103 Å². The van der Waals surface area contributed by atoms with Crippen LogP contribution in [0.25, 0.3) is 11.0 Å². The summed E-state index contributed by atoms with van der Waals surface area (Å²) in [5, 5.41) is 10.8. The van der Waals surface area contributed by atoms with E-state index in [0.717, 1.165) is 28.1 Å². The topological polar surface area (TPSA) is 78.0 Å².